The number of aromatic nitrogens is 4. The van der Waals surface area contributed by atoms with Gasteiger partial charge in [0.1, 0.15) is 5.82 Å². The van der Waals surface area contributed by atoms with Crippen molar-refractivity contribution in [2.75, 3.05) is 25.0 Å². The van der Waals surface area contributed by atoms with Crippen LogP contribution in [0.3, 0.4) is 0 Å². The van der Waals surface area contributed by atoms with Gasteiger partial charge in [0.25, 0.3) is 0 Å². The monoisotopic (exact) mass is 438 g/mol. The Bertz CT molecular complexity index is 1060. The van der Waals surface area contributed by atoms with E-state index in [1.807, 2.05) is 49.0 Å². The second-order valence-electron chi connectivity index (χ2n) is 7.67. The molecule has 1 aliphatic heterocycles. The second kappa shape index (κ2) is 9.34. The van der Waals surface area contributed by atoms with Crippen molar-refractivity contribution in [2.24, 2.45) is 4.99 Å². The van der Waals surface area contributed by atoms with Crippen LogP contribution in [0.25, 0.3) is 5.82 Å². The van der Waals surface area contributed by atoms with Gasteiger partial charge in [-0.25, -0.2) is 14.6 Å². The molecule has 0 bridgehead atoms. The average molecular weight is 439 g/mol. The van der Waals surface area contributed by atoms with Crippen LogP contribution in [0.4, 0.5) is 5.82 Å². The SMILES string of the molecule is CN=C(NCc1ccc(-n2nc(C)cc2C)nc1)NC1CCN(c2ncccc2Cl)C1. The van der Waals surface area contributed by atoms with Crippen LogP contribution in [0.15, 0.2) is 47.7 Å². The maximum absolute atomic E-state index is 6.29. The van der Waals surface area contributed by atoms with Crippen LogP contribution in [-0.4, -0.2) is 51.9 Å². The minimum atomic E-state index is 0.274. The molecule has 31 heavy (non-hydrogen) atoms. The molecule has 0 radical (unpaired) electrons. The third-order valence-electron chi connectivity index (χ3n) is 5.29. The number of halogens is 1. The molecule has 9 heteroatoms. The number of hydrogen-bond donors (Lipinski definition) is 2. The zero-order chi connectivity index (χ0) is 21.8. The molecule has 162 valence electrons. The van der Waals surface area contributed by atoms with E-state index in [1.54, 1.807) is 13.2 Å². The quantitative estimate of drug-likeness (QED) is 0.470. The molecule has 1 saturated heterocycles. The standard InChI is InChI=1S/C22H27ClN8/c1-15-11-16(2)31(29-15)20-7-6-17(12-26-20)13-27-22(24-3)28-18-8-10-30(14-18)21-19(23)5-4-9-25-21/h4-7,9,11-12,18H,8,10,13-14H2,1-3H3,(H2,24,27,28). The zero-order valence-corrected chi connectivity index (χ0v) is 18.8. The Hall–Kier alpha value is -3.13. The summed E-state index contributed by atoms with van der Waals surface area (Å²) in [5, 5.41) is 12.0. The Morgan fingerprint density at radius 1 is 1.26 bits per heavy atom. The summed E-state index contributed by atoms with van der Waals surface area (Å²) in [5.41, 5.74) is 3.12. The molecule has 1 aliphatic rings. The molecule has 3 aromatic rings. The van der Waals surface area contributed by atoms with E-state index in [4.69, 9.17) is 11.6 Å². The Balaban J connectivity index is 1.31. The predicted molar refractivity (Wildman–Crippen MR) is 124 cm³/mol. The molecule has 8 nitrogen and oxygen atoms in total. The number of nitrogens with zero attached hydrogens (tertiary/aromatic N) is 6. The zero-order valence-electron chi connectivity index (χ0n) is 18.0. The average Bonchev–Trinajstić information content (AvgIpc) is 3.37. The van der Waals surface area contributed by atoms with Gasteiger partial charge in [-0.05, 0) is 50.1 Å². The smallest absolute Gasteiger partial charge is 0.191 e. The van der Waals surface area contributed by atoms with Gasteiger partial charge in [0.2, 0.25) is 0 Å². The van der Waals surface area contributed by atoms with Crippen molar-refractivity contribution >= 4 is 23.4 Å². The van der Waals surface area contributed by atoms with E-state index in [0.717, 1.165) is 54.1 Å². The van der Waals surface area contributed by atoms with Gasteiger partial charge in [-0.2, -0.15) is 5.10 Å². The Labute approximate surface area is 187 Å². The molecule has 0 amide bonds. The maximum Gasteiger partial charge on any atom is 0.191 e. The van der Waals surface area contributed by atoms with Crippen molar-refractivity contribution in [1.82, 2.24) is 30.4 Å². The third kappa shape index (κ3) is 4.96. The van der Waals surface area contributed by atoms with Crippen LogP contribution in [0.1, 0.15) is 23.4 Å². The molecule has 4 rings (SSSR count). The normalized spacial score (nSPS) is 16.6. The van der Waals surface area contributed by atoms with Gasteiger partial charge in [-0.15, -0.1) is 0 Å². The van der Waals surface area contributed by atoms with Crippen LogP contribution in [-0.2, 0) is 6.54 Å². The first-order valence-corrected chi connectivity index (χ1v) is 10.7. The fourth-order valence-corrected chi connectivity index (χ4v) is 4.00. The molecular formula is C22H27ClN8. The second-order valence-corrected chi connectivity index (χ2v) is 8.08. The molecule has 3 aromatic heterocycles. The molecule has 1 atom stereocenters. The number of aliphatic imine (C=N–C) groups is 1. The molecule has 0 aliphatic carbocycles. The first-order valence-electron chi connectivity index (χ1n) is 10.3. The lowest BCUT2D eigenvalue weighted by atomic mass is 10.2. The number of rotatable bonds is 5. The number of guanidine groups is 1. The summed E-state index contributed by atoms with van der Waals surface area (Å²) in [6.07, 6.45) is 4.63. The van der Waals surface area contributed by atoms with Crippen LogP contribution in [0, 0.1) is 13.8 Å². The Morgan fingerprint density at radius 3 is 2.81 bits per heavy atom. The Morgan fingerprint density at radius 2 is 2.13 bits per heavy atom. The topological polar surface area (TPSA) is 83.3 Å². The van der Waals surface area contributed by atoms with Crippen LogP contribution >= 0.6 is 11.6 Å². The van der Waals surface area contributed by atoms with Crippen molar-refractivity contribution in [2.45, 2.75) is 32.9 Å². The lowest BCUT2D eigenvalue weighted by molar-refractivity contribution is 0.648. The first kappa shape index (κ1) is 21.1. The number of hydrogen-bond acceptors (Lipinski definition) is 5. The highest BCUT2D eigenvalue weighted by atomic mass is 35.5. The minimum Gasteiger partial charge on any atom is -0.353 e. The van der Waals surface area contributed by atoms with Crippen LogP contribution in [0.2, 0.25) is 5.02 Å². The van der Waals surface area contributed by atoms with Gasteiger partial charge in [-0.1, -0.05) is 17.7 Å². The van der Waals surface area contributed by atoms with Gasteiger partial charge in [-0.3, -0.25) is 4.99 Å². The van der Waals surface area contributed by atoms with Gasteiger partial charge in [0.05, 0.1) is 10.7 Å². The van der Waals surface area contributed by atoms with E-state index < -0.39 is 0 Å². The molecule has 1 fully saturated rings. The minimum absolute atomic E-state index is 0.274. The summed E-state index contributed by atoms with van der Waals surface area (Å²) in [4.78, 5) is 15.5. The van der Waals surface area contributed by atoms with Crippen molar-refractivity contribution in [3.63, 3.8) is 0 Å². The van der Waals surface area contributed by atoms with Crippen molar-refractivity contribution < 1.29 is 0 Å². The molecule has 2 N–H and O–H groups in total. The highest BCUT2D eigenvalue weighted by Crippen LogP contribution is 2.25. The number of nitrogens with one attached hydrogen (secondary N) is 2. The molecule has 4 heterocycles. The summed E-state index contributed by atoms with van der Waals surface area (Å²) < 4.78 is 1.85. The van der Waals surface area contributed by atoms with Gasteiger partial charge in [0.15, 0.2) is 11.8 Å². The van der Waals surface area contributed by atoms with E-state index >= 15 is 0 Å². The largest absolute Gasteiger partial charge is 0.353 e. The summed E-state index contributed by atoms with van der Waals surface area (Å²) in [7, 11) is 1.78. The predicted octanol–water partition coefficient (Wildman–Crippen LogP) is 2.88. The summed E-state index contributed by atoms with van der Waals surface area (Å²) >= 11 is 6.29. The van der Waals surface area contributed by atoms with Crippen molar-refractivity contribution in [3.8, 4) is 5.82 Å². The maximum atomic E-state index is 6.29. The number of pyridine rings is 2. The van der Waals surface area contributed by atoms with Gasteiger partial charge < -0.3 is 15.5 Å². The van der Waals surface area contributed by atoms with Crippen molar-refractivity contribution in [3.05, 3.63) is 64.7 Å². The molecule has 0 spiro atoms. The summed E-state index contributed by atoms with van der Waals surface area (Å²) in [5.74, 6) is 2.42. The van der Waals surface area contributed by atoms with E-state index in [-0.39, 0.29) is 6.04 Å². The Kier molecular flexibility index (Phi) is 6.36. The van der Waals surface area contributed by atoms with Gasteiger partial charge in [0, 0.05) is 50.8 Å². The van der Waals surface area contributed by atoms with Crippen molar-refractivity contribution in [1.29, 1.82) is 0 Å². The fraction of sp³-hybridized carbons (Fsp3) is 0.364. The summed E-state index contributed by atoms with van der Waals surface area (Å²) in [6.45, 7) is 6.37. The summed E-state index contributed by atoms with van der Waals surface area (Å²) in [6, 6.07) is 10.1. The van der Waals surface area contributed by atoms with E-state index in [9.17, 15) is 0 Å². The van der Waals surface area contributed by atoms with Crippen LogP contribution < -0.4 is 15.5 Å². The highest BCUT2D eigenvalue weighted by Gasteiger charge is 2.25. The fourth-order valence-electron chi connectivity index (χ4n) is 3.76. The van der Waals surface area contributed by atoms with E-state index in [1.165, 1.54) is 0 Å². The number of aryl methyl sites for hydroxylation is 2. The third-order valence-corrected chi connectivity index (χ3v) is 5.58. The lowest BCUT2D eigenvalue weighted by Gasteiger charge is -2.20. The van der Waals surface area contributed by atoms with Gasteiger partial charge >= 0.3 is 0 Å². The highest BCUT2D eigenvalue weighted by molar-refractivity contribution is 6.32. The van der Waals surface area contributed by atoms with E-state index in [0.29, 0.717) is 11.6 Å². The first-order chi connectivity index (χ1) is 15.0. The molecule has 1 unspecified atom stereocenters. The molecule has 0 aromatic carbocycles. The van der Waals surface area contributed by atoms with E-state index in [2.05, 4.69) is 41.7 Å². The molecule has 0 saturated carbocycles. The number of anilines is 1. The lowest BCUT2D eigenvalue weighted by Crippen LogP contribution is -2.44. The van der Waals surface area contributed by atoms with Crippen LogP contribution in [0.5, 0.6) is 0 Å². The molecular weight excluding hydrogens is 412 g/mol.